The molecule has 1 nitrogen and oxygen atoms in total. The quantitative estimate of drug-likeness (QED) is 0.177. The van der Waals surface area contributed by atoms with Crippen molar-refractivity contribution in [3.8, 4) is 33.4 Å². The lowest BCUT2D eigenvalue weighted by atomic mass is 9.70. The normalized spacial score (nSPS) is 14.8. The van der Waals surface area contributed by atoms with Gasteiger partial charge in [0.25, 0.3) is 0 Å². The van der Waals surface area contributed by atoms with Gasteiger partial charge in [0, 0.05) is 32.3 Å². The maximum Gasteiger partial charge on any atom is 0.0726 e. The minimum Gasteiger partial charge on any atom is -0.309 e. The molecule has 0 fully saturated rings. The molecule has 3 aliphatic rings. The molecule has 0 N–H and O–H groups in total. The SMILES string of the molecule is CC1(C)c2ccccc2-c2ccc(N(c3ccc4c(c3)C3(c5ccccc5-c5ccccc53)c3ccccc3-4)c3cccc4c3sc3ccccc34)cc21. The summed E-state index contributed by atoms with van der Waals surface area (Å²) in [6.45, 7) is 4.76. The van der Waals surface area contributed by atoms with Crippen LogP contribution in [-0.2, 0) is 10.8 Å². The van der Waals surface area contributed by atoms with Gasteiger partial charge in [-0.1, -0.05) is 153 Å². The molecule has 54 heavy (non-hydrogen) atoms. The maximum atomic E-state index is 2.54. The predicted molar refractivity (Wildman–Crippen MR) is 228 cm³/mol. The second kappa shape index (κ2) is 10.7. The van der Waals surface area contributed by atoms with E-state index in [1.54, 1.807) is 0 Å². The Morgan fingerprint density at radius 1 is 0.389 bits per heavy atom. The van der Waals surface area contributed by atoms with Gasteiger partial charge in [0.05, 0.1) is 15.8 Å². The molecule has 0 saturated heterocycles. The minimum atomic E-state index is -0.411. The van der Waals surface area contributed by atoms with E-state index < -0.39 is 5.41 Å². The Kier molecular flexibility index (Phi) is 5.99. The van der Waals surface area contributed by atoms with Gasteiger partial charge in [0.1, 0.15) is 0 Å². The number of nitrogens with zero attached hydrogens (tertiary/aromatic N) is 1. The molecule has 8 aromatic carbocycles. The van der Waals surface area contributed by atoms with E-state index in [0.29, 0.717) is 0 Å². The standard InChI is InChI=1S/C52H35NS/c1-51(2)42-20-8-3-14-34(42)38-28-26-32(30-46(38)51)53(48-24-13-19-41-40-18-7-12-25-49(40)54-50(41)48)33-27-29-39-37-17-6-11-23-45(37)52(47(39)31-33)43-21-9-4-15-35(43)36-16-5-10-22-44(36)52/h3-31H,1-2H3. The molecular weight excluding hydrogens is 671 g/mol. The second-order valence-corrected chi connectivity index (χ2v) is 16.7. The highest BCUT2D eigenvalue weighted by Crippen LogP contribution is 2.63. The Morgan fingerprint density at radius 3 is 1.48 bits per heavy atom. The molecule has 0 saturated carbocycles. The van der Waals surface area contributed by atoms with Crippen molar-refractivity contribution in [2.75, 3.05) is 4.90 Å². The summed E-state index contributed by atoms with van der Waals surface area (Å²) in [4.78, 5) is 2.54. The number of benzene rings is 8. The smallest absolute Gasteiger partial charge is 0.0726 e. The van der Waals surface area contributed by atoms with E-state index in [0.717, 1.165) is 0 Å². The van der Waals surface area contributed by atoms with Gasteiger partial charge in [-0.15, -0.1) is 11.3 Å². The summed E-state index contributed by atoms with van der Waals surface area (Å²) in [5.74, 6) is 0. The molecule has 3 aliphatic carbocycles. The summed E-state index contributed by atoms with van der Waals surface area (Å²) in [5, 5.41) is 2.61. The van der Waals surface area contributed by atoms with Crippen LogP contribution < -0.4 is 4.90 Å². The first kappa shape index (κ1) is 30.3. The second-order valence-electron chi connectivity index (χ2n) is 15.6. The third-order valence-electron chi connectivity index (χ3n) is 12.7. The molecule has 2 heteroatoms. The average molecular weight is 706 g/mol. The zero-order chi connectivity index (χ0) is 35.8. The summed E-state index contributed by atoms with van der Waals surface area (Å²) in [6, 6.07) is 66.4. The lowest BCUT2D eigenvalue weighted by molar-refractivity contribution is 0.660. The number of thiophene rings is 1. The van der Waals surface area contributed by atoms with Gasteiger partial charge >= 0.3 is 0 Å². The maximum absolute atomic E-state index is 2.54. The first-order valence-electron chi connectivity index (χ1n) is 18.9. The molecule has 12 rings (SSSR count). The molecule has 0 radical (unpaired) electrons. The first-order valence-corrected chi connectivity index (χ1v) is 19.8. The van der Waals surface area contributed by atoms with Crippen LogP contribution in [0, 0.1) is 0 Å². The number of hydrogen-bond acceptors (Lipinski definition) is 2. The third kappa shape index (κ3) is 3.73. The predicted octanol–water partition coefficient (Wildman–Crippen LogP) is 14.2. The minimum absolute atomic E-state index is 0.113. The summed E-state index contributed by atoms with van der Waals surface area (Å²) in [5.41, 5.74) is 19.2. The van der Waals surface area contributed by atoms with Crippen LogP contribution in [0.25, 0.3) is 53.6 Å². The van der Waals surface area contributed by atoms with Gasteiger partial charge < -0.3 is 4.90 Å². The number of hydrogen-bond donors (Lipinski definition) is 0. The van der Waals surface area contributed by atoms with Crippen molar-refractivity contribution in [1.82, 2.24) is 0 Å². The molecule has 1 aromatic heterocycles. The molecular formula is C52H35NS. The van der Waals surface area contributed by atoms with Crippen LogP contribution in [0.3, 0.4) is 0 Å². The number of rotatable bonds is 3. The van der Waals surface area contributed by atoms with Gasteiger partial charge in [-0.3, -0.25) is 0 Å². The lowest BCUT2D eigenvalue weighted by Gasteiger charge is -2.32. The summed E-state index contributed by atoms with van der Waals surface area (Å²) in [7, 11) is 0. The van der Waals surface area contributed by atoms with Gasteiger partial charge in [0.15, 0.2) is 0 Å². The summed E-state index contributed by atoms with van der Waals surface area (Å²) < 4.78 is 2.62. The van der Waals surface area contributed by atoms with E-state index in [1.807, 2.05) is 11.3 Å². The van der Waals surface area contributed by atoms with Crippen molar-refractivity contribution >= 4 is 48.6 Å². The molecule has 1 spiro atoms. The Balaban J connectivity index is 1.16. The van der Waals surface area contributed by atoms with Crippen LogP contribution in [0.1, 0.15) is 47.2 Å². The molecule has 0 atom stereocenters. The monoisotopic (exact) mass is 705 g/mol. The highest BCUT2D eigenvalue weighted by Gasteiger charge is 2.51. The van der Waals surface area contributed by atoms with E-state index in [2.05, 4.69) is 195 Å². The van der Waals surface area contributed by atoms with Crippen LogP contribution >= 0.6 is 11.3 Å². The summed E-state index contributed by atoms with van der Waals surface area (Å²) >= 11 is 1.89. The van der Waals surface area contributed by atoms with Crippen LogP contribution in [-0.4, -0.2) is 0 Å². The fourth-order valence-electron chi connectivity index (χ4n) is 10.4. The highest BCUT2D eigenvalue weighted by molar-refractivity contribution is 7.26. The average Bonchev–Trinajstić information content (AvgIpc) is 3.91. The lowest BCUT2D eigenvalue weighted by Crippen LogP contribution is -2.26. The van der Waals surface area contributed by atoms with Crippen molar-refractivity contribution in [1.29, 1.82) is 0 Å². The van der Waals surface area contributed by atoms with Crippen LogP contribution in [0.2, 0.25) is 0 Å². The first-order chi connectivity index (χ1) is 26.5. The van der Waals surface area contributed by atoms with E-state index in [-0.39, 0.29) is 5.41 Å². The van der Waals surface area contributed by atoms with Crippen LogP contribution in [0.15, 0.2) is 176 Å². The molecule has 1 heterocycles. The zero-order valence-electron chi connectivity index (χ0n) is 30.1. The van der Waals surface area contributed by atoms with Crippen molar-refractivity contribution in [2.24, 2.45) is 0 Å². The van der Waals surface area contributed by atoms with Crippen LogP contribution in [0.5, 0.6) is 0 Å². The Hall–Kier alpha value is -6.22. The molecule has 0 amide bonds. The Bertz CT molecular complexity index is 2990. The zero-order valence-corrected chi connectivity index (χ0v) is 30.9. The van der Waals surface area contributed by atoms with Crippen molar-refractivity contribution < 1.29 is 0 Å². The summed E-state index contributed by atoms with van der Waals surface area (Å²) in [6.07, 6.45) is 0. The van der Waals surface area contributed by atoms with E-state index in [4.69, 9.17) is 0 Å². The molecule has 0 bridgehead atoms. The molecule has 254 valence electrons. The van der Waals surface area contributed by atoms with Crippen molar-refractivity contribution in [3.63, 3.8) is 0 Å². The highest BCUT2D eigenvalue weighted by atomic mass is 32.1. The largest absolute Gasteiger partial charge is 0.309 e. The molecule has 0 aliphatic heterocycles. The van der Waals surface area contributed by atoms with Gasteiger partial charge in [-0.2, -0.15) is 0 Å². The van der Waals surface area contributed by atoms with E-state index in [1.165, 1.54) is 104 Å². The number of anilines is 3. The van der Waals surface area contributed by atoms with Gasteiger partial charge in [0.2, 0.25) is 0 Å². The van der Waals surface area contributed by atoms with Crippen LogP contribution in [0.4, 0.5) is 17.1 Å². The molecule has 0 unspecified atom stereocenters. The third-order valence-corrected chi connectivity index (χ3v) is 13.9. The Morgan fingerprint density at radius 2 is 0.852 bits per heavy atom. The fourth-order valence-corrected chi connectivity index (χ4v) is 11.6. The fraction of sp³-hybridized carbons (Fsp3) is 0.0769. The van der Waals surface area contributed by atoms with Gasteiger partial charge in [-0.25, -0.2) is 0 Å². The van der Waals surface area contributed by atoms with Gasteiger partial charge in [-0.05, 0) is 103 Å². The topological polar surface area (TPSA) is 3.24 Å². The number of fused-ring (bicyclic) bond motifs is 16. The Labute approximate surface area is 319 Å². The molecule has 9 aromatic rings. The van der Waals surface area contributed by atoms with E-state index in [9.17, 15) is 0 Å². The van der Waals surface area contributed by atoms with Crippen molar-refractivity contribution in [3.05, 3.63) is 209 Å². The van der Waals surface area contributed by atoms with Crippen molar-refractivity contribution in [2.45, 2.75) is 24.7 Å². The van der Waals surface area contributed by atoms with E-state index >= 15 is 0 Å².